The van der Waals surface area contributed by atoms with E-state index in [1.165, 1.54) is 36.4 Å². The number of carbonyl (C=O) groups excluding carboxylic acids is 1. The van der Waals surface area contributed by atoms with Gasteiger partial charge in [0.1, 0.15) is 5.82 Å². The van der Waals surface area contributed by atoms with Gasteiger partial charge in [-0.1, -0.05) is 30.3 Å². The number of rotatable bonds is 4. The number of hydrogen-bond donors (Lipinski definition) is 1. The van der Waals surface area contributed by atoms with Gasteiger partial charge < -0.3 is 5.32 Å². The summed E-state index contributed by atoms with van der Waals surface area (Å²) in [7, 11) is 0. The highest BCUT2D eigenvalue weighted by Gasteiger charge is 2.30. The summed E-state index contributed by atoms with van der Waals surface area (Å²) in [6.45, 7) is -0.00155. The van der Waals surface area contributed by atoms with E-state index in [-0.39, 0.29) is 12.1 Å². The van der Waals surface area contributed by atoms with E-state index in [4.69, 9.17) is 0 Å². The van der Waals surface area contributed by atoms with Crippen molar-refractivity contribution in [3.8, 4) is 0 Å². The number of amides is 1. The van der Waals surface area contributed by atoms with Crippen LogP contribution in [0.3, 0.4) is 0 Å². The largest absolute Gasteiger partial charge is 0.416 e. The third-order valence-electron chi connectivity index (χ3n) is 3.05. The van der Waals surface area contributed by atoms with E-state index in [0.717, 1.165) is 18.2 Å². The molecule has 0 saturated heterocycles. The highest BCUT2D eigenvalue weighted by Crippen LogP contribution is 2.29. The summed E-state index contributed by atoms with van der Waals surface area (Å²) in [6, 6.07) is 10.6. The fraction of sp³-hybridized carbons (Fsp3) is 0.118. The Bertz CT molecular complexity index is 723. The molecular formula is C17H13F4NO. The van der Waals surface area contributed by atoms with E-state index < -0.39 is 23.5 Å². The van der Waals surface area contributed by atoms with Crippen LogP contribution in [0.1, 0.15) is 16.7 Å². The van der Waals surface area contributed by atoms with Crippen molar-refractivity contribution in [3.63, 3.8) is 0 Å². The maximum atomic E-state index is 13.4. The molecule has 0 radical (unpaired) electrons. The van der Waals surface area contributed by atoms with Gasteiger partial charge >= 0.3 is 6.18 Å². The Morgan fingerprint density at radius 1 is 1.09 bits per heavy atom. The van der Waals surface area contributed by atoms with Crippen LogP contribution in [0, 0.1) is 5.82 Å². The first-order valence-electron chi connectivity index (χ1n) is 6.73. The van der Waals surface area contributed by atoms with E-state index >= 15 is 0 Å². The summed E-state index contributed by atoms with van der Waals surface area (Å²) in [5.41, 5.74) is -0.208. The van der Waals surface area contributed by atoms with Gasteiger partial charge in [-0.3, -0.25) is 4.79 Å². The molecule has 0 aliphatic rings. The molecule has 120 valence electrons. The average Bonchev–Trinajstić information content (AvgIpc) is 2.51. The minimum Gasteiger partial charge on any atom is -0.348 e. The van der Waals surface area contributed by atoms with Crippen molar-refractivity contribution in [1.29, 1.82) is 0 Å². The number of alkyl halides is 3. The summed E-state index contributed by atoms with van der Waals surface area (Å²) in [5.74, 6) is -0.958. The minimum atomic E-state index is -4.43. The smallest absolute Gasteiger partial charge is 0.348 e. The Balaban J connectivity index is 1.98. The van der Waals surface area contributed by atoms with Crippen LogP contribution < -0.4 is 5.32 Å². The van der Waals surface area contributed by atoms with Crippen LogP contribution in [0.4, 0.5) is 17.6 Å². The number of benzene rings is 2. The highest BCUT2D eigenvalue weighted by atomic mass is 19.4. The van der Waals surface area contributed by atoms with Crippen LogP contribution in [-0.2, 0) is 17.5 Å². The lowest BCUT2D eigenvalue weighted by Gasteiger charge is -2.06. The third kappa shape index (κ3) is 4.95. The van der Waals surface area contributed by atoms with E-state index in [1.807, 2.05) is 0 Å². The second-order valence-electron chi connectivity index (χ2n) is 4.77. The maximum Gasteiger partial charge on any atom is 0.416 e. The van der Waals surface area contributed by atoms with Crippen LogP contribution in [0.2, 0.25) is 0 Å². The molecule has 0 fully saturated rings. The SMILES string of the molecule is O=C(C=Cc1cccc(C(F)(F)F)c1)NCc1ccccc1F. The Hall–Kier alpha value is -2.63. The fourth-order valence-corrected chi connectivity index (χ4v) is 1.87. The van der Waals surface area contributed by atoms with Crippen molar-refractivity contribution in [3.05, 3.63) is 77.1 Å². The monoisotopic (exact) mass is 323 g/mol. The van der Waals surface area contributed by atoms with Crippen molar-refractivity contribution in [2.45, 2.75) is 12.7 Å². The lowest BCUT2D eigenvalue weighted by molar-refractivity contribution is -0.137. The molecule has 2 nitrogen and oxygen atoms in total. The van der Waals surface area contributed by atoms with Gasteiger partial charge in [0, 0.05) is 18.2 Å². The number of hydrogen-bond acceptors (Lipinski definition) is 1. The average molecular weight is 323 g/mol. The fourth-order valence-electron chi connectivity index (χ4n) is 1.87. The van der Waals surface area contributed by atoms with Crippen LogP contribution in [0.15, 0.2) is 54.6 Å². The minimum absolute atomic E-state index is 0.00155. The molecule has 2 rings (SSSR count). The molecule has 0 atom stereocenters. The van der Waals surface area contributed by atoms with Crippen molar-refractivity contribution >= 4 is 12.0 Å². The van der Waals surface area contributed by atoms with Crippen LogP contribution in [0.5, 0.6) is 0 Å². The van der Waals surface area contributed by atoms with Crippen molar-refractivity contribution in [2.24, 2.45) is 0 Å². The molecule has 0 aromatic heterocycles. The van der Waals surface area contributed by atoms with E-state index in [2.05, 4.69) is 5.32 Å². The summed E-state index contributed by atoms with van der Waals surface area (Å²) in [4.78, 5) is 11.6. The van der Waals surface area contributed by atoms with Gasteiger partial charge in [-0.25, -0.2) is 4.39 Å². The summed E-state index contributed by atoms with van der Waals surface area (Å²) in [5, 5.41) is 2.47. The topological polar surface area (TPSA) is 29.1 Å². The summed E-state index contributed by atoms with van der Waals surface area (Å²) >= 11 is 0. The van der Waals surface area contributed by atoms with Gasteiger partial charge in [0.15, 0.2) is 0 Å². The Morgan fingerprint density at radius 3 is 2.52 bits per heavy atom. The summed E-state index contributed by atoms with van der Waals surface area (Å²) < 4.78 is 51.1. The number of nitrogens with one attached hydrogen (secondary N) is 1. The zero-order chi connectivity index (χ0) is 16.9. The molecule has 1 N–H and O–H groups in total. The molecule has 2 aromatic carbocycles. The molecule has 0 aliphatic carbocycles. The molecule has 0 saturated carbocycles. The molecule has 0 heterocycles. The molecule has 23 heavy (non-hydrogen) atoms. The number of halogens is 4. The molecule has 6 heteroatoms. The van der Waals surface area contributed by atoms with Gasteiger partial charge in [-0.05, 0) is 29.8 Å². The van der Waals surface area contributed by atoms with Gasteiger partial charge in [-0.2, -0.15) is 13.2 Å². The first-order chi connectivity index (χ1) is 10.9. The summed E-state index contributed by atoms with van der Waals surface area (Å²) in [6.07, 6.45) is -2.06. The Kier molecular flexibility index (Phi) is 5.16. The Morgan fingerprint density at radius 2 is 1.83 bits per heavy atom. The molecule has 2 aromatic rings. The maximum absolute atomic E-state index is 13.4. The first kappa shape index (κ1) is 16.7. The van der Waals surface area contributed by atoms with Crippen LogP contribution in [-0.4, -0.2) is 5.91 Å². The second kappa shape index (κ2) is 7.09. The molecule has 0 aliphatic heterocycles. The molecule has 1 amide bonds. The standard InChI is InChI=1S/C17H13F4NO/c18-15-7-2-1-5-13(15)11-22-16(23)9-8-12-4-3-6-14(10-12)17(19,20)21/h1-10H,11H2,(H,22,23). The van der Waals surface area contributed by atoms with Crippen molar-refractivity contribution in [2.75, 3.05) is 0 Å². The van der Waals surface area contributed by atoms with Crippen LogP contribution in [0.25, 0.3) is 6.08 Å². The lowest BCUT2D eigenvalue weighted by atomic mass is 10.1. The predicted octanol–water partition coefficient (Wildman–Crippen LogP) is 4.17. The zero-order valence-electron chi connectivity index (χ0n) is 11.9. The molecule has 0 spiro atoms. The molecule has 0 unspecified atom stereocenters. The quantitative estimate of drug-likeness (QED) is 0.664. The lowest BCUT2D eigenvalue weighted by Crippen LogP contribution is -2.20. The van der Waals surface area contributed by atoms with E-state index in [0.29, 0.717) is 5.56 Å². The number of carbonyl (C=O) groups is 1. The Labute approximate surface area is 130 Å². The zero-order valence-corrected chi connectivity index (χ0v) is 11.9. The van der Waals surface area contributed by atoms with Gasteiger partial charge in [-0.15, -0.1) is 0 Å². The second-order valence-corrected chi connectivity index (χ2v) is 4.77. The van der Waals surface area contributed by atoms with E-state index in [9.17, 15) is 22.4 Å². The van der Waals surface area contributed by atoms with Gasteiger partial charge in [0.25, 0.3) is 0 Å². The highest BCUT2D eigenvalue weighted by molar-refractivity contribution is 5.91. The predicted molar refractivity (Wildman–Crippen MR) is 78.7 cm³/mol. The van der Waals surface area contributed by atoms with Crippen molar-refractivity contribution in [1.82, 2.24) is 5.32 Å². The van der Waals surface area contributed by atoms with E-state index in [1.54, 1.807) is 6.07 Å². The normalized spacial score (nSPS) is 11.7. The first-order valence-corrected chi connectivity index (χ1v) is 6.73. The molecular weight excluding hydrogens is 310 g/mol. The van der Waals surface area contributed by atoms with Gasteiger partial charge in [0.2, 0.25) is 5.91 Å². The van der Waals surface area contributed by atoms with Gasteiger partial charge in [0.05, 0.1) is 5.56 Å². The van der Waals surface area contributed by atoms with Crippen LogP contribution >= 0.6 is 0 Å². The molecule has 0 bridgehead atoms. The van der Waals surface area contributed by atoms with Crippen molar-refractivity contribution < 1.29 is 22.4 Å². The third-order valence-corrected chi connectivity index (χ3v) is 3.05.